The first-order valence-corrected chi connectivity index (χ1v) is 10.4. The Morgan fingerprint density at radius 2 is 1.88 bits per heavy atom. The Hall–Kier alpha value is 0.137. The van der Waals surface area contributed by atoms with Crippen molar-refractivity contribution in [1.29, 1.82) is 0 Å². The zero-order chi connectivity index (χ0) is 12.2. The van der Waals surface area contributed by atoms with Crippen LogP contribution in [-0.4, -0.2) is 32.0 Å². The first kappa shape index (κ1) is 14.2. The molecule has 3 heteroatoms. The summed E-state index contributed by atoms with van der Waals surface area (Å²) in [6.45, 7) is 9.49. The van der Waals surface area contributed by atoms with E-state index in [1.165, 1.54) is 38.5 Å². The molecule has 0 amide bonds. The van der Waals surface area contributed by atoms with Gasteiger partial charge in [0.15, 0.2) is 0 Å². The van der Waals surface area contributed by atoms with Crippen molar-refractivity contribution >= 4 is 8.07 Å². The summed E-state index contributed by atoms with van der Waals surface area (Å²) in [5, 5.41) is 2.13. The largest absolute Gasteiger partial charge is 0.299 e. The van der Waals surface area contributed by atoms with Crippen LogP contribution in [0.5, 0.6) is 0 Å². The van der Waals surface area contributed by atoms with E-state index in [-0.39, 0.29) is 0 Å². The van der Waals surface area contributed by atoms with Crippen molar-refractivity contribution in [2.45, 2.75) is 76.9 Å². The lowest BCUT2D eigenvalue weighted by atomic mass is 10.1. The van der Waals surface area contributed by atoms with Crippen molar-refractivity contribution in [3.8, 4) is 0 Å². The van der Waals surface area contributed by atoms with Crippen LogP contribution >= 0.6 is 0 Å². The molecule has 1 fully saturated rings. The molecule has 1 heterocycles. The van der Waals surface area contributed by atoms with Crippen molar-refractivity contribution in [1.82, 2.24) is 5.06 Å². The van der Waals surface area contributed by atoms with Crippen molar-refractivity contribution in [2.24, 2.45) is 0 Å². The molecule has 1 aliphatic heterocycles. The van der Waals surface area contributed by atoms with Gasteiger partial charge in [-0.25, -0.2) is 0 Å². The molecule has 0 spiro atoms. The van der Waals surface area contributed by atoms with Crippen molar-refractivity contribution in [3.63, 3.8) is 0 Å². The van der Waals surface area contributed by atoms with Gasteiger partial charge in [-0.05, 0) is 12.8 Å². The Kier molecular flexibility index (Phi) is 5.48. The van der Waals surface area contributed by atoms with Crippen LogP contribution in [0.25, 0.3) is 0 Å². The Morgan fingerprint density at radius 3 is 2.38 bits per heavy atom. The quantitative estimate of drug-likeness (QED) is 0.519. The maximum Gasteiger partial charge on any atom is 0.0812 e. The molecule has 1 aliphatic rings. The van der Waals surface area contributed by atoms with E-state index in [1.807, 2.05) is 0 Å². The van der Waals surface area contributed by atoms with Crippen LogP contribution in [0.2, 0.25) is 19.6 Å². The average Bonchev–Trinajstić information content (AvgIpc) is 2.55. The minimum absolute atomic E-state index is 0.536. The van der Waals surface area contributed by atoms with E-state index in [0.717, 1.165) is 0 Å². The molecule has 0 bridgehead atoms. The Labute approximate surface area is 102 Å². The minimum Gasteiger partial charge on any atom is -0.299 e. The molecule has 1 saturated heterocycles. The summed E-state index contributed by atoms with van der Waals surface area (Å²) in [7, 11) is 0.990. The van der Waals surface area contributed by atoms with Gasteiger partial charge in [0.25, 0.3) is 0 Å². The second-order valence-corrected chi connectivity index (χ2v) is 11.6. The van der Waals surface area contributed by atoms with Crippen LogP contribution in [0, 0.1) is 0 Å². The molecule has 2 nitrogen and oxygen atoms in total. The molecule has 0 aliphatic carbocycles. The van der Waals surface area contributed by atoms with Crippen molar-refractivity contribution in [3.05, 3.63) is 0 Å². The smallest absolute Gasteiger partial charge is 0.0812 e. The Bertz CT molecular complexity index is 203. The maximum atomic E-state index is 5.99. The summed E-state index contributed by atoms with van der Waals surface area (Å²) in [4.78, 5) is 5.99. The van der Waals surface area contributed by atoms with E-state index in [0.29, 0.717) is 11.8 Å². The Morgan fingerprint density at radius 1 is 1.19 bits per heavy atom. The maximum absolute atomic E-state index is 5.99. The van der Waals surface area contributed by atoms with Gasteiger partial charge in [0, 0.05) is 13.1 Å². The molecule has 0 unspecified atom stereocenters. The SMILES string of the molecule is CCCCCC[C@H]1C[C@H]([Si](C)(C)C)ON1C. The van der Waals surface area contributed by atoms with Crippen LogP contribution < -0.4 is 0 Å². The highest BCUT2D eigenvalue weighted by atomic mass is 28.3. The van der Waals surface area contributed by atoms with Crippen molar-refractivity contribution in [2.75, 3.05) is 7.05 Å². The lowest BCUT2D eigenvalue weighted by molar-refractivity contribution is -0.125. The summed E-state index contributed by atoms with van der Waals surface area (Å²) >= 11 is 0. The molecular formula is C13H29NOSi. The van der Waals surface area contributed by atoms with E-state index >= 15 is 0 Å². The molecule has 96 valence electrons. The molecule has 0 aromatic carbocycles. The number of nitrogens with zero attached hydrogens (tertiary/aromatic N) is 1. The zero-order valence-electron chi connectivity index (χ0n) is 11.8. The topological polar surface area (TPSA) is 12.5 Å². The molecule has 1 rings (SSSR count). The molecule has 0 N–H and O–H groups in total. The van der Waals surface area contributed by atoms with Crippen LogP contribution in [0.1, 0.15) is 45.4 Å². The first-order chi connectivity index (χ1) is 7.45. The molecule has 0 radical (unpaired) electrons. The predicted octanol–water partition coefficient (Wildman–Crippen LogP) is 3.84. The third-order valence-electron chi connectivity index (χ3n) is 3.65. The normalized spacial score (nSPS) is 27.6. The van der Waals surface area contributed by atoms with Gasteiger partial charge in [-0.3, -0.25) is 4.84 Å². The summed E-state index contributed by atoms with van der Waals surface area (Å²) in [5.74, 6) is 0. The van der Waals surface area contributed by atoms with E-state index in [9.17, 15) is 0 Å². The highest BCUT2D eigenvalue weighted by Crippen LogP contribution is 2.29. The fraction of sp³-hybridized carbons (Fsp3) is 1.00. The van der Waals surface area contributed by atoms with Gasteiger partial charge >= 0.3 is 0 Å². The first-order valence-electron chi connectivity index (χ1n) is 6.84. The van der Waals surface area contributed by atoms with E-state index in [4.69, 9.17) is 4.84 Å². The third kappa shape index (κ3) is 4.19. The number of unbranched alkanes of at least 4 members (excludes halogenated alkanes) is 3. The van der Waals surface area contributed by atoms with Crippen LogP contribution in [0.15, 0.2) is 0 Å². The van der Waals surface area contributed by atoms with E-state index < -0.39 is 8.07 Å². The van der Waals surface area contributed by atoms with E-state index in [2.05, 4.69) is 38.7 Å². The summed E-state index contributed by atoms with van der Waals surface area (Å²) in [6, 6.07) is 0.675. The van der Waals surface area contributed by atoms with Gasteiger partial charge in [-0.15, -0.1) is 0 Å². The van der Waals surface area contributed by atoms with Crippen molar-refractivity contribution < 1.29 is 4.84 Å². The van der Waals surface area contributed by atoms with Gasteiger partial charge in [0.2, 0.25) is 0 Å². The number of hydrogen-bond acceptors (Lipinski definition) is 2. The lowest BCUT2D eigenvalue weighted by Crippen LogP contribution is -2.38. The number of hydrogen-bond donors (Lipinski definition) is 0. The van der Waals surface area contributed by atoms with E-state index in [1.54, 1.807) is 0 Å². The van der Waals surface area contributed by atoms with Gasteiger partial charge < -0.3 is 0 Å². The molecule has 0 aromatic heterocycles. The molecule has 16 heavy (non-hydrogen) atoms. The number of rotatable bonds is 6. The highest BCUT2D eigenvalue weighted by molar-refractivity contribution is 6.77. The van der Waals surface area contributed by atoms with Gasteiger partial charge in [-0.1, -0.05) is 52.2 Å². The lowest BCUT2D eigenvalue weighted by Gasteiger charge is -2.23. The Balaban J connectivity index is 2.28. The van der Waals surface area contributed by atoms with Crippen LogP contribution in [-0.2, 0) is 4.84 Å². The fourth-order valence-electron chi connectivity index (χ4n) is 2.34. The second-order valence-electron chi connectivity index (χ2n) is 6.25. The summed E-state index contributed by atoms with van der Waals surface area (Å²) < 4.78 is 0. The molecule has 0 aromatic rings. The van der Waals surface area contributed by atoms with Crippen LogP contribution in [0.3, 0.4) is 0 Å². The van der Waals surface area contributed by atoms with Crippen LogP contribution in [0.4, 0.5) is 0 Å². The third-order valence-corrected chi connectivity index (χ3v) is 5.92. The zero-order valence-corrected chi connectivity index (χ0v) is 12.8. The van der Waals surface area contributed by atoms with Gasteiger partial charge in [0.05, 0.1) is 13.8 Å². The minimum atomic E-state index is -1.13. The van der Waals surface area contributed by atoms with Gasteiger partial charge in [0.1, 0.15) is 0 Å². The standard InChI is InChI=1S/C13H29NOSi/c1-6-7-8-9-10-12-11-13(15-14(12)2)16(3,4)5/h12-13H,6-11H2,1-5H3/t12-,13-/m0/s1. The number of hydroxylamine groups is 2. The molecule has 0 saturated carbocycles. The second kappa shape index (κ2) is 6.17. The van der Waals surface area contributed by atoms with Gasteiger partial charge in [-0.2, -0.15) is 5.06 Å². The predicted molar refractivity (Wildman–Crippen MR) is 73.1 cm³/mol. The summed E-state index contributed by atoms with van der Waals surface area (Å²) in [6.07, 6.45) is 8.04. The summed E-state index contributed by atoms with van der Waals surface area (Å²) in [5.41, 5.74) is 0.536. The molecule has 2 atom stereocenters. The monoisotopic (exact) mass is 243 g/mol. The highest BCUT2D eigenvalue weighted by Gasteiger charge is 2.38. The fourth-order valence-corrected chi connectivity index (χ4v) is 3.81. The average molecular weight is 243 g/mol. The molecular weight excluding hydrogens is 214 g/mol.